The second-order valence-electron chi connectivity index (χ2n) is 10.4. The van der Waals surface area contributed by atoms with Crippen molar-refractivity contribution in [3.63, 3.8) is 0 Å². The van der Waals surface area contributed by atoms with Crippen molar-refractivity contribution in [3.05, 3.63) is 53.1 Å². The van der Waals surface area contributed by atoms with Gasteiger partial charge in [0.15, 0.2) is 11.5 Å². The van der Waals surface area contributed by atoms with Crippen molar-refractivity contribution in [2.24, 2.45) is 0 Å². The van der Waals surface area contributed by atoms with Gasteiger partial charge in [-0.1, -0.05) is 49.1 Å². The summed E-state index contributed by atoms with van der Waals surface area (Å²) < 4.78 is 37.8. The quantitative estimate of drug-likeness (QED) is 0.412. The molecule has 2 amide bonds. The normalized spacial score (nSPS) is 16.2. The molecule has 0 saturated heterocycles. The van der Waals surface area contributed by atoms with E-state index >= 15 is 0 Å². The number of amides is 2. The summed E-state index contributed by atoms with van der Waals surface area (Å²) >= 11 is 6.40. The van der Waals surface area contributed by atoms with Crippen LogP contribution < -0.4 is 19.1 Å². The number of rotatable bonds is 11. The van der Waals surface area contributed by atoms with Crippen molar-refractivity contribution in [2.45, 2.75) is 70.5 Å². The molecule has 1 heterocycles. The number of fused-ring (bicyclic) bond motifs is 1. The Morgan fingerprint density at radius 3 is 2.45 bits per heavy atom. The van der Waals surface area contributed by atoms with Crippen molar-refractivity contribution in [1.29, 1.82) is 0 Å². The van der Waals surface area contributed by atoms with E-state index in [0.717, 1.165) is 37.5 Å². The number of anilines is 1. The SMILES string of the molecule is CC(C(=O)NC1CCCCC1)N(Cc1ccccc1Cl)C(=O)CCCN(c1ccc2c(c1)OCCO2)S(C)(=O)=O. The lowest BCUT2D eigenvalue weighted by Gasteiger charge is -2.32. The Balaban J connectivity index is 1.46. The zero-order valence-electron chi connectivity index (χ0n) is 23.1. The Kier molecular flexibility index (Phi) is 10.2. The predicted octanol–water partition coefficient (Wildman–Crippen LogP) is 4.52. The lowest BCUT2D eigenvalue weighted by atomic mass is 9.95. The first kappa shape index (κ1) is 30.0. The molecule has 9 nitrogen and oxygen atoms in total. The molecule has 2 aromatic rings. The van der Waals surface area contributed by atoms with Gasteiger partial charge < -0.3 is 19.7 Å². The summed E-state index contributed by atoms with van der Waals surface area (Å²) in [6, 6.07) is 11.6. The number of nitrogens with one attached hydrogen (secondary N) is 1. The summed E-state index contributed by atoms with van der Waals surface area (Å²) in [6.07, 6.45) is 6.68. The molecule has 1 unspecified atom stereocenters. The highest BCUT2D eigenvalue weighted by molar-refractivity contribution is 7.92. The molecular formula is C29H38ClN3O6S. The van der Waals surface area contributed by atoms with Crippen molar-refractivity contribution < 1.29 is 27.5 Å². The monoisotopic (exact) mass is 591 g/mol. The Bertz CT molecular complexity index is 1300. The van der Waals surface area contributed by atoms with E-state index in [0.29, 0.717) is 35.4 Å². The van der Waals surface area contributed by atoms with Gasteiger partial charge in [-0.15, -0.1) is 0 Å². The minimum Gasteiger partial charge on any atom is -0.486 e. The standard InChI is InChI=1S/C29H38ClN3O6S/c1-21(29(35)31-23-10-4-3-5-11-23)32(20-22-9-6-7-12-25(22)30)28(34)13-8-16-33(40(2,36)37)24-14-15-26-27(19-24)39-18-17-38-26/h6-7,9,12,14-15,19,21,23H,3-5,8,10-11,13,16-18,20H2,1-2H3,(H,31,35). The van der Waals surface area contributed by atoms with Crippen LogP contribution in [0.25, 0.3) is 0 Å². The fraction of sp³-hybridized carbons (Fsp3) is 0.517. The Labute approximate surface area is 241 Å². The molecule has 2 aromatic carbocycles. The molecule has 0 aromatic heterocycles. The van der Waals surface area contributed by atoms with Crippen molar-refractivity contribution in [3.8, 4) is 11.5 Å². The third kappa shape index (κ3) is 7.81. The van der Waals surface area contributed by atoms with Gasteiger partial charge in [-0.2, -0.15) is 0 Å². The summed E-state index contributed by atoms with van der Waals surface area (Å²) in [5.41, 5.74) is 1.18. The zero-order valence-corrected chi connectivity index (χ0v) is 24.7. The number of hydrogen-bond donors (Lipinski definition) is 1. The van der Waals surface area contributed by atoms with E-state index in [4.69, 9.17) is 21.1 Å². The number of nitrogens with zero attached hydrogens (tertiary/aromatic N) is 2. The van der Waals surface area contributed by atoms with Crippen LogP contribution in [0.2, 0.25) is 5.02 Å². The largest absolute Gasteiger partial charge is 0.486 e. The molecule has 0 bridgehead atoms. The molecule has 1 aliphatic carbocycles. The van der Waals surface area contributed by atoms with E-state index in [-0.39, 0.29) is 43.8 Å². The summed E-state index contributed by atoms with van der Waals surface area (Å²) in [7, 11) is -3.63. The number of ether oxygens (including phenoxy) is 2. The van der Waals surface area contributed by atoms with Gasteiger partial charge in [0.05, 0.1) is 11.9 Å². The number of carbonyl (C=O) groups is 2. The van der Waals surface area contributed by atoms with Gasteiger partial charge in [-0.05, 0) is 49.9 Å². The maximum atomic E-state index is 13.6. The summed E-state index contributed by atoms with van der Waals surface area (Å²) in [6.45, 7) is 2.82. The van der Waals surface area contributed by atoms with Crippen LogP contribution in [0.5, 0.6) is 11.5 Å². The second kappa shape index (κ2) is 13.6. The maximum Gasteiger partial charge on any atom is 0.242 e. The third-order valence-corrected chi connectivity index (χ3v) is 8.95. The molecular weight excluding hydrogens is 554 g/mol. The highest BCUT2D eigenvalue weighted by Gasteiger charge is 2.29. The van der Waals surface area contributed by atoms with E-state index in [2.05, 4.69) is 5.32 Å². The van der Waals surface area contributed by atoms with Crippen molar-refractivity contribution >= 4 is 39.1 Å². The van der Waals surface area contributed by atoms with Gasteiger partial charge in [0.2, 0.25) is 21.8 Å². The lowest BCUT2D eigenvalue weighted by Crippen LogP contribution is -2.50. The molecule has 11 heteroatoms. The van der Waals surface area contributed by atoms with Crippen LogP contribution in [0.3, 0.4) is 0 Å². The van der Waals surface area contributed by atoms with E-state index in [9.17, 15) is 18.0 Å². The van der Waals surface area contributed by atoms with Crippen LogP contribution in [0.15, 0.2) is 42.5 Å². The predicted molar refractivity (Wildman–Crippen MR) is 155 cm³/mol. The average molecular weight is 592 g/mol. The summed E-state index contributed by atoms with van der Waals surface area (Å²) in [5, 5.41) is 3.64. The van der Waals surface area contributed by atoms with Crippen LogP contribution >= 0.6 is 11.6 Å². The van der Waals surface area contributed by atoms with Crippen molar-refractivity contribution in [2.75, 3.05) is 30.3 Å². The van der Waals surface area contributed by atoms with Crippen LogP contribution in [-0.4, -0.2) is 63.2 Å². The Morgan fingerprint density at radius 1 is 1.05 bits per heavy atom. The first-order valence-electron chi connectivity index (χ1n) is 13.8. The molecule has 1 N–H and O–H groups in total. The zero-order chi connectivity index (χ0) is 28.7. The second-order valence-corrected chi connectivity index (χ2v) is 12.7. The van der Waals surface area contributed by atoms with Crippen LogP contribution in [0, 0.1) is 0 Å². The van der Waals surface area contributed by atoms with E-state index in [1.54, 1.807) is 31.2 Å². The highest BCUT2D eigenvalue weighted by Crippen LogP contribution is 2.35. The molecule has 1 atom stereocenters. The minimum atomic E-state index is -3.63. The fourth-order valence-corrected chi connectivity index (χ4v) is 6.31. The van der Waals surface area contributed by atoms with Gasteiger partial charge in [0.25, 0.3) is 0 Å². The fourth-order valence-electron chi connectivity index (χ4n) is 5.15. The Morgan fingerprint density at radius 2 is 1.75 bits per heavy atom. The Hall–Kier alpha value is -2.98. The van der Waals surface area contributed by atoms with Gasteiger partial charge in [0.1, 0.15) is 19.3 Å². The number of benzene rings is 2. The van der Waals surface area contributed by atoms with Gasteiger partial charge in [0, 0.05) is 36.6 Å². The number of sulfonamides is 1. The number of hydrogen-bond acceptors (Lipinski definition) is 6. The molecule has 1 fully saturated rings. The first-order chi connectivity index (χ1) is 19.1. The maximum absolute atomic E-state index is 13.6. The summed E-state index contributed by atoms with van der Waals surface area (Å²) in [5.74, 6) is 0.606. The molecule has 4 rings (SSSR count). The van der Waals surface area contributed by atoms with E-state index in [1.807, 2.05) is 18.2 Å². The highest BCUT2D eigenvalue weighted by atomic mass is 35.5. The van der Waals surface area contributed by atoms with Crippen LogP contribution in [0.4, 0.5) is 5.69 Å². The minimum absolute atomic E-state index is 0.0576. The van der Waals surface area contributed by atoms with Gasteiger partial charge in [-0.3, -0.25) is 13.9 Å². The van der Waals surface area contributed by atoms with E-state index in [1.165, 1.54) is 15.6 Å². The molecule has 0 radical (unpaired) electrons. The molecule has 1 aliphatic heterocycles. The number of halogens is 1. The summed E-state index contributed by atoms with van der Waals surface area (Å²) in [4.78, 5) is 28.3. The van der Waals surface area contributed by atoms with Gasteiger partial charge >= 0.3 is 0 Å². The van der Waals surface area contributed by atoms with Crippen LogP contribution in [0.1, 0.15) is 57.4 Å². The molecule has 2 aliphatic rings. The molecule has 1 saturated carbocycles. The average Bonchev–Trinajstić information content (AvgIpc) is 2.94. The smallest absolute Gasteiger partial charge is 0.242 e. The third-order valence-electron chi connectivity index (χ3n) is 7.38. The van der Waals surface area contributed by atoms with Gasteiger partial charge in [-0.25, -0.2) is 8.42 Å². The topological polar surface area (TPSA) is 105 Å². The van der Waals surface area contributed by atoms with E-state index < -0.39 is 16.1 Å². The molecule has 40 heavy (non-hydrogen) atoms. The number of carbonyl (C=O) groups excluding carboxylic acids is 2. The first-order valence-corrected chi connectivity index (χ1v) is 16.1. The van der Waals surface area contributed by atoms with Crippen molar-refractivity contribution in [1.82, 2.24) is 10.2 Å². The molecule has 0 spiro atoms. The van der Waals surface area contributed by atoms with Crippen LogP contribution in [-0.2, 0) is 26.2 Å². The lowest BCUT2D eigenvalue weighted by molar-refractivity contribution is -0.141. The molecule has 218 valence electrons.